The molecule has 1 aliphatic heterocycles. The Morgan fingerprint density at radius 1 is 1.27 bits per heavy atom. The van der Waals surface area contributed by atoms with Crippen LogP contribution >= 0.6 is 12.4 Å². The van der Waals surface area contributed by atoms with E-state index in [0.717, 1.165) is 38.0 Å². The standard InChI is InChI=1S/C19H28N2O4.ClH/c1-23-9-10-25-17-11-15(6-7-16(17)24-2)21-18(22)19-8-4-3-5-14(19)12-20-13-19;/h6-7,11,14,20H,3-5,8-10,12-13H2,1-2H3,(H,21,22);1H/t14-,19+;/m0./s1. The third-order valence-electron chi connectivity index (χ3n) is 5.46. The van der Waals surface area contributed by atoms with Crippen molar-refractivity contribution in [3.8, 4) is 11.5 Å². The number of carbonyl (C=O) groups is 1. The summed E-state index contributed by atoms with van der Waals surface area (Å²) in [4.78, 5) is 13.1. The van der Waals surface area contributed by atoms with Gasteiger partial charge in [-0.25, -0.2) is 0 Å². The fourth-order valence-electron chi connectivity index (χ4n) is 4.05. The third-order valence-corrected chi connectivity index (χ3v) is 5.46. The minimum atomic E-state index is -0.269. The van der Waals surface area contributed by atoms with Gasteiger partial charge in [0.05, 0.1) is 19.1 Å². The SMILES string of the molecule is COCCOc1cc(NC(=O)[C@@]23CCCC[C@H]2CNC3)ccc1OC.Cl. The lowest BCUT2D eigenvalue weighted by molar-refractivity contribution is -0.128. The van der Waals surface area contributed by atoms with Gasteiger partial charge in [0, 0.05) is 25.4 Å². The molecule has 1 saturated carbocycles. The molecule has 0 spiro atoms. The molecule has 1 amide bonds. The topological polar surface area (TPSA) is 68.8 Å². The van der Waals surface area contributed by atoms with Crippen LogP contribution in [-0.2, 0) is 9.53 Å². The minimum absolute atomic E-state index is 0. The van der Waals surface area contributed by atoms with Crippen molar-refractivity contribution in [3.63, 3.8) is 0 Å². The molecule has 1 saturated heterocycles. The average Bonchev–Trinajstić information content (AvgIpc) is 3.07. The molecule has 6 nitrogen and oxygen atoms in total. The molecule has 2 aliphatic rings. The molecule has 146 valence electrons. The monoisotopic (exact) mass is 384 g/mol. The summed E-state index contributed by atoms with van der Waals surface area (Å²) >= 11 is 0. The van der Waals surface area contributed by atoms with E-state index in [4.69, 9.17) is 14.2 Å². The molecular weight excluding hydrogens is 356 g/mol. The van der Waals surface area contributed by atoms with Crippen LogP contribution in [0.1, 0.15) is 25.7 Å². The number of benzene rings is 1. The number of hydrogen-bond acceptors (Lipinski definition) is 5. The van der Waals surface area contributed by atoms with Crippen LogP contribution in [0, 0.1) is 11.3 Å². The van der Waals surface area contributed by atoms with Crippen LogP contribution in [-0.4, -0.2) is 46.4 Å². The molecule has 0 aromatic heterocycles. The number of methoxy groups -OCH3 is 2. The Morgan fingerprint density at radius 3 is 2.88 bits per heavy atom. The maximum absolute atomic E-state index is 13.1. The van der Waals surface area contributed by atoms with Gasteiger partial charge in [0.1, 0.15) is 6.61 Å². The first kappa shape index (κ1) is 20.8. The summed E-state index contributed by atoms with van der Waals surface area (Å²) in [5, 5.41) is 6.53. The minimum Gasteiger partial charge on any atom is -0.493 e. The van der Waals surface area contributed by atoms with Gasteiger partial charge < -0.3 is 24.8 Å². The highest BCUT2D eigenvalue weighted by Crippen LogP contribution is 2.44. The van der Waals surface area contributed by atoms with E-state index >= 15 is 0 Å². The van der Waals surface area contributed by atoms with E-state index < -0.39 is 0 Å². The van der Waals surface area contributed by atoms with Crippen molar-refractivity contribution in [2.45, 2.75) is 25.7 Å². The zero-order valence-electron chi connectivity index (χ0n) is 15.5. The van der Waals surface area contributed by atoms with Crippen LogP contribution in [0.3, 0.4) is 0 Å². The van der Waals surface area contributed by atoms with Crippen molar-refractivity contribution in [3.05, 3.63) is 18.2 Å². The van der Waals surface area contributed by atoms with Crippen LogP contribution in [0.5, 0.6) is 11.5 Å². The van der Waals surface area contributed by atoms with Crippen molar-refractivity contribution >= 4 is 24.0 Å². The molecule has 3 rings (SSSR count). The Bertz CT molecular complexity index is 613. The Balaban J connectivity index is 0.00000243. The van der Waals surface area contributed by atoms with Crippen molar-refractivity contribution in [2.75, 3.05) is 45.8 Å². The number of halogens is 1. The maximum atomic E-state index is 13.1. The molecule has 1 aromatic carbocycles. The number of rotatable bonds is 7. The van der Waals surface area contributed by atoms with Crippen molar-refractivity contribution in [1.29, 1.82) is 0 Å². The summed E-state index contributed by atoms with van der Waals surface area (Å²) < 4.78 is 16.1. The molecule has 0 unspecified atom stereocenters. The van der Waals surface area contributed by atoms with Gasteiger partial charge in [-0.05, 0) is 37.4 Å². The van der Waals surface area contributed by atoms with Gasteiger partial charge in [-0.2, -0.15) is 0 Å². The zero-order chi connectivity index (χ0) is 17.7. The van der Waals surface area contributed by atoms with Crippen LogP contribution in [0.25, 0.3) is 0 Å². The summed E-state index contributed by atoms with van der Waals surface area (Å²) in [6.45, 7) is 2.65. The van der Waals surface area contributed by atoms with Gasteiger partial charge >= 0.3 is 0 Å². The van der Waals surface area contributed by atoms with Gasteiger partial charge in [-0.1, -0.05) is 12.8 Å². The highest BCUT2D eigenvalue weighted by molar-refractivity contribution is 5.96. The number of carbonyl (C=O) groups excluding carboxylic acids is 1. The number of fused-ring (bicyclic) bond motifs is 1. The van der Waals surface area contributed by atoms with Gasteiger partial charge in [0.2, 0.25) is 5.91 Å². The zero-order valence-corrected chi connectivity index (χ0v) is 16.3. The lowest BCUT2D eigenvalue weighted by atomic mass is 9.67. The lowest BCUT2D eigenvalue weighted by Gasteiger charge is -2.37. The van der Waals surface area contributed by atoms with Gasteiger partial charge in [0.15, 0.2) is 11.5 Å². The maximum Gasteiger partial charge on any atom is 0.232 e. The number of anilines is 1. The first-order chi connectivity index (χ1) is 12.2. The van der Waals surface area contributed by atoms with E-state index in [0.29, 0.717) is 30.6 Å². The molecule has 0 bridgehead atoms. The molecule has 7 heteroatoms. The Kier molecular flexibility index (Phi) is 7.55. The van der Waals surface area contributed by atoms with E-state index in [9.17, 15) is 4.79 Å². The number of nitrogens with one attached hydrogen (secondary N) is 2. The summed E-state index contributed by atoms with van der Waals surface area (Å²) in [6, 6.07) is 5.50. The largest absolute Gasteiger partial charge is 0.493 e. The summed E-state index contributed by atoms with van der Waals surface area (Å²) in [7, 11) is 3.24. The van der Waals surface area contributed by atoms with E-state index in [1.54, 1.807) is 14.2 Å². The van der Waals surface area contributed by atoms with Gasteiger partial charge in [-0.15, -0.1) is 12.4 Å². The van der Waals surface area contributed by atoms with Crippen LogP contribution in [0.15, 0.2) is 18.2 Å². The van der Waals surface area contributed by atoms with Crippen LogP contribution < -0.4 is 20.1 Å². The Labute approximate surface area is 161 Å². The first-order valence-electron chi connectivity index (χ1n) is 9.01. The van der Waals surface area contributed by atoms with Crippen molar-refractivity contribution in [1.82, 2.24) is 5.32 Å². The predicted molar refractivity (Wildman–Crippen MR) is 104 cm³/mol. The smallest absolute Gasteiger partial charge is 0.232 e. The second kappa shape index (κ2) is 9.44. The lowest BCUT2D eigenvalue weighted by Crippen LogP contribution is -2.44. The molecule has 26 heavy (non-hydrogen) atoms. The van der Waals surface area contributed by atoms with Crippen molar-refractivity contribution in [2.24, 2.45) is 11.3 Å². The van der Waals surface area contributed by atoms with E-state index in [2.05, 4.69) is 10.6 Å². The van der Waals surface area contributed by atoms with Crippen molar-refractivity contribution < 1.29 is 19.0 Å². The summed E-state index contributed by atoms with van der Waals surface area (Å²) in [6.07, 6.45) is 4.44. The van der Waals surface area contributed by atoms with Crippen LogP contribution in [0.4, 0.5) is 5.69 Å². The number of ether oxygens (including phenoxy) is 3. The van der Waals surface area contributed by atoms with Gasteiger partial charge in [-0.3, -0.25) is 4.79 Å². The molecule has 1 aromatic rings. The Hall–Kier alpha value is -1.50. The molecule has 1 aliphatic carbocycles. The molecule has 2 atom stereocenters. The molecule has 0 radical (unpaired) electrons. The number of amides is 1. The summed E-state index contributed by atoms with van der Waals surface area (Å²) in [5.41, 5.74) is 0.471. The molecule has 2 N–H and O–H groups in total. The first-order valence-corrected chi connectivity index (χ1v) is 9.01. The molecular formula is C19H29ClN2O4. The average molecular weight is 385 g/mol. The van der Waals surface area contributed by atoms with E-state index in [1.807, 2.05) is 18.2 Å². The van der Waals surface area contributed by atoms with E-state index in [-0.39, 0.29) is 23.7 Å². The quantitative estimate of drug-likeness (QED) is 0.707. The second-order valence-corrected chi connectivity index (χ2v) is 6.89. The van der Waals surface area contributed by atoms with E-state index in [1.165, 1.54) is 6.42 Å². The normalized spacial score (nSPS) is 24.3. The third kappa shape index (κ3) is 4.24. The summed E-state index contributed by atoms with van der Waals surface area (Å²) in [5.74, 6) is 1.82. The highest BCUT2D eigenvalue weighted by Gasteiger charge is 2.49. The number of hydrogen-bond donors (Lipinski definition) is 2. The fraction of sp³-hybridized carbons (Fsp3) is 0.632. The molecule has 2 fully saturated rings. The van der Waals surface area contributed by atoms with Crippen LogP contribution in [0.2, 0.25) is 0 Å². The Morgan fingerprint density at radius 2 is 2.12 bits per heavy atom. The predicted octanol–water partition coefficient (Wildman–Crippen LogP) is 2.86. The van der Waals surface area contributed by atoms with Gasteiger partial charge in [0.25, 0.3) is 0 Å². The molecule has 1 heterocycles. The highest BCUT2D eigenvalue weighted by atomic mass is 35.5. The second-order valence-electron chi connectivity index (χ2n) is 6.89. The fourth-order valence-corrected chi connectivity index (χ4v) is 4.05.